The standard InChI is InChI=1S/C43H30BNO2.C31H21BO2.C30H18BNO2.C30H20BNO2/c1-5-14-30(15-6-1)42(31-16-7-2-8-17-31)32-24-26-36-40(28-32)46-38-22-13-23-39-43(38)44(36)37-27-25-35(29-41(37)47-39)45(33-18-9-3-10-19-33)34-20-11-4-12-21-34;1-3-10-21(11-4-1)30(22-12-5-2-6-13-22)23-18-19-25-29(20-23)34-28-17-9-16-27-31(28)32(25)24-14-7-8-15-26(24)33-27;1-5-13-24-20(9-1)21-10-2-6-14-25(21)32(24)19-17-28-30-29(18-19)34-27-16-8-4-12-23(27)31(30)22-11-3-7-15-26(22)33-28;1-3-11-21(12-4-1)32(22-13-5-2-6-14-22)23-19-28-30-29(20-23)34-27-18-10-8-16-25(27)31(30)24-15-7-9-17-26(24)33-28/h1-29,42H;1-20,30H;1-18H;1-20H. The minimum atomic E-state index is -0.00870. The number of ether oxygens (including phenoxy) is 8. The van der Waals surface area contributed by atoms with Crippen molar-refractivity contribution in [3.63, 3.8) is 0 Å². The largest absolute Gasteiger partial charge is 0.458 e. The van der Waals surface area contributed by atoms with Crippen LogP contribution in [0.1, 0.15) is 45.2 Å². The Morgan fingerprint density at radius 2 is 0.383 bits per heavy atom. The maximum Gasteiger partial charge on any atom is 0.260 e. The van der Waals surface area contributed by atoms with Crippen molar-refractivity contribution in [1.29, 1.82) is 0 Å². The molecule has 0 N–H and O–H groups in total. The summed E-state index contributed by atoms with van der Waals surface area (Å²) in [5, 5.41) is 2.47. The summed E-state index contributed by atoms with van der Waals surface area (Å²) in [5.41, 5.74) is 30.9. The smallest absolute Gasteiger partial charge is 0.260 e. The fourth-order valence-corrected chi connectivity index (χ4v) is 23.5. The van der Waals surface area contributed by atoms with E-state index < -0.39 is 0 Å². The van der Waals surface area contributed by atoms with Crippen LogP contribution in [0, 0.1) is 0 Å². The Hall–Kier alpha value is -19.1. The minimum Gasteiger partial charge on any atom is -0.458 e. The van der Waals surface area contributed by atoms with Gasteiger partial charge in [-0.2, -0.15) is 0 Å². The molecular formula is C134H89B4N3O8. The van der Waals surface area contributed by atoms with E-state index in [-0.39, 0.29) is 38.7 Å². The molecular weight excluding hydrogens is 1820 g/mol. The van der Waals surface area contributed by atoms with Gasteiger partial charge < -0.3 is 52.3 Å². The number of para-hydroxylation sites is 11. The second kappa shape index (κ2) is 37.3. The Balaban J connectivity index is 0.0000000966. The van der Waals surface area contributed by atoms with Crippen molar-refractivity contribution in [3.05, 3.63) is 561 Å². The van der Waals surface area contributed by atoms with E-state index in [1.54, 1.807) is 0 Å². The first-order chi connectivity index (χ1) is 73.9. The molecule has 0 saturated carbocycles. The van der Waals surface area contributed by atoms with Gasteiger partial charge in [0.25, 0.3) is 26.9 Å². The molecule has 700 valence electrons. The molecule has 0 bridgehead atoms. The number of anilines is 6. The molecule has 15 heteroatoms. The van der Waals surface area contributed by atoms with Gasteiger partial charge in [0.2, 0.25) is 0 Å². The first kappa shape index (κ1) is 87.7. The highest BCUT2D eigenvalue weighted by Gasteiger charge is 2.46. The molecule has 31 rings (SSSR count). The van der Waals surface area contributed by atoms with Crippen molar-refractivity contribution in [1.82, 2.24) is 4.57 Å². The lowest BCUT2D eigenvalue weighted by atomic mass is 9.35. The van der Waals surface area contributed by atoms with Crippen LogP contribution in [0.15, 0.2) is 528 Å². The average molecular weight is 1910 g/mol. The molecule has 11 nitrogen and oxygen atoms in total. The number of hydrogen-bond acceptors (Lipinski definition) is 10. The van der Waals surface area contributed by atoms with Gasteiger partial charge in [0.15, 0.2) is 0 Å². The summed E-state index contributed by atoms with van der Waals surface area (Å²) in [7, 11) is 0. The van der Waals surface area contributed by atoms with Crippen molar-refractivity contribution >= 4 is 148 Å². The summed E-state index contributed by atoms with van der Waals surface area (Å²) in [6.45, 7) is 0.259. The summed E-state index contributed by atoms with van der Waals surface area (Å²) in [6, 6.07) is 184. The van der Waals surface area contributed by atoms with Gasteiger partial charge in [0, 0.05) is 103 Å². The highest BCUT2D eigenvalue weighted by Crippen LogP contribution is 2.49. The zero-order chi connectivity index (χ0) is 98.4. The van der Waals surface area contributed by atoms with Gasteiger partial charge in [0.05, 0.1) is 22.4 Å². The summed E-state index contributed by atoms with van der Waals surface area (Å²) >= 11 is 0. The van der Waals surface area contributed by atoms with E-state index in [2.05, 4.69) is 463 Å². The molecule has 22 aromatic carbocycles. The lowest BCUT2D eigenvalue weighted by Gasteiger charge is -2.34. The van der Waals surface area contributed by atoms with E-state index in [1.807, 2.05) is 78.9 Å². The van der Waals surface area contributed by atoms with Gasteiger partial charge in [-0.25, -0.2) is 0 Å². The predicted molar refractivity (Wildman–Crippen MR) is 608 cm³/mol. The zero-order valence-electron chi connectivity index (χ0n) is 80.8. The third kappa shape index (κ3) is 15.6. The van der Waals surface area contributed by atoms with Crippen LogP contribution >= 0.6 is 0 Å². The fourth-order valence-electron chi connectivity index (χ4n) is 23.5. The zero-order valence-corrected chi connectivity index (χ0v) is 80.8. The molecule has 9 heterocycles. The monoisotopic (exact) mass is 1910 g/mol. The summed E-state index contributed by atoms with van der Waals surface area (Å²) in [4.78, 5) is 4.51. The molecule has 0 unspecified atom stereocenters. The minimum absolute atomic E-state index is 0.00870. The molecule has 0 radical (unpaired) electrons. The van der Waals surface area contributed by atoms with Crippen molar-refractivity contribution < 1.29 is 37.9 Å². The fraction of sp³-hybridized carbons (Fsp3) is 0.0149. The Morgan fingerprint density at radius 1 is 0.154 bits per heavy atom. The van der Waals surface area contributed by atoms with Gasteiger partial charge in [-0.1, -0.05) is 364 Å². The number of fused-ring (bicyclic) bond motifs is 19. The van der Waals surface area contributed by atoms with Gasteiger partial charge in [0.1, 0.15) is 92.0 Å². The van der Waals surface area contributed by atoms with E-state index >= 15 is 0 Å². The summed E-state index contributed by atoms with van der Waals surface area (Å²) in [6.07, 6.45) is 0. The third-order valence-corrected chi connectivity index (χ3v) is 29.9. The van der Waals surface area contributed by atoms with E-state index in [9.17, 15) is 0 Å². The number of benzene rings is 22. The van der Waals surface area contributed by atoms with E-state index in [0.29, 0.717) is 0 Å². The van der Waals surface area contributed by atoms with Crippen LogP contribution in [0.2, 0.25) is 0 Å². The van der Waals surface area contributed by atoms with Crippen LogP contribution in [0.5, 0.6) is 92.0 Å². The molecule has 149 heavy (non-hydrogen) atoms. The normalized spacial score (nSPS) is 12.7. The first-order valence-corrected chi connectivity index (χ1v) is 50.8. The first-order valence-electron chi connectivity index (χ1n) is 50.8. The van der Waals surface area contributed by atoms with Gasteiger partial charge in [-0.05, 0) is 211 Å². The summed E-state index contributed by atoms with van der Waals surface area (Å²) < 4.78 is 54.4. The molecule has 8 aliphatic heterocycles. The summed E-state index contributed by atoms with van der Waals surface area (Å²) in [5.74, 6) is 14.2. The second-order valence-corrected chi connectivity index (χ2v) is 38.5. The number of aromatic nitrogens is 1. The molecule has 1 aromatic heterocycles. The lowest BCUT2D eigenvalue weighted by Crippen LogP contribution is -2.57. The van der Waals surface area contributed by atoms with Crippen LogP contribution in [-0.2, 0) is 0 Å². The molecule has 0 atom stereocenters. The molecule has 0 fully saturated rings. The van der Waals surface area contributed by atoms with Crippen molar-refractivity contribution in [2.45, 2.75) is 11.8 Å². The van der Waals surface area contributed by atoms with Crippen LogP contribution in [0.4, 0.5) is 34.1 Å². The predicted octanol–water partition coefficient (Wildman–Crippen LogP) is 26.1. The molecule has 23 aromatic rings. The molecule has 0 amide bonds. The van der Waals surface area contributed by atoms with E-state index in [1.165, 1.54) is 88.0 Å². The van der Waals surface area contributed by atoms with Gasteiger partial charge in [-0.3, -0.25) is 0 Å². The van der Waals surface area contributed by atoms with Crippen molar-refractivity contribution in [2.24, 2.45) is 0 Å². The SMILES string of the molecule is c1ccc(C(c2ccccc2)c2ccc3c(c2)Oc2cccc4c2B3c2ccc(N(c3ccccc3)c3ccccc3)cc2O4)cc1.c1ccc(C(c2ccccc2)c2ccc3c(c2)Oc2cccc4c2B3c2ccccc2O4)cc1.c1ccc(N(c2ccccc2)c2cc3c4c(c2)Oc2ccccc2B4c2ccccc2O3)cc1.c1ccc2c(c1)Oc1cc(-n3c4ccccc4c4ccccc43)cc3c1B2c1ccccc1O3. The molecule has 0 aliphatic carbocycles. The van der Waals surface area contributed by atoms with Gasteiger partial charge >= 0.3 is 0 Å². The van der Waals surface area contributed by atoms with E-state index in [0.717, 1.165) is 165 Å². The number of hydrogen-bond donors (Lipinski definition) is 0. The van der Waals surface area contributed by atoms with Crippen LogP contribution < -0.4 is 113 Å². The maximum atomic E-state index is 6.69. The Bertz CT molecular complexity index is 8590. The average Bonchev–Trinajstić information content (AvgIpc) is 1.62. The highest BCUT2D eigenvalue weighted by atomic mass is 16.5. The van der Waals surface area contributed by atoms with Crippen molar-refractivity contribution in [2.75, 3.05) is 9.80 Å². The maximum absolute atomic E-state index is 6.69. The lowest BCUT2D eigenvalue weighted by molar-refractivity contribution is 0.463. The Morgan fingerprint density at radius 3 is 0.711 bits per heavy atom. The second-order valence-electron chi connectivity index (χ2n) is 38.5. The molecule has 0 saturated heterocycles. The molecule has 0 spiro atoms. The Kier molecular flexibility index (Phi) is 21.9. The third-order valence-electron chi connectivity index (χ3n) is 29.9. The van der Waals surface area contributed by atoms with Crippen LogP contribution in [0.3, 0.4) is 0 Å². The van der Waals surface area contributed by atoms with Crippen molar-refractivity contribution in [3.8, 4) is 97.7 Å². The number of rotatable bonds is 13. The van der Waals surface area contributed by atoms with Crippen LogP contribution in [-0.4, -0.2) is 31.4 Å². The topological polar surface area (TPSA) is 85.3 Å². The Labute approximate surface area is 865 Å². The van der Waals surface area contributed by atoms with E-state index in [4.69, 9.17) is 37.9 Å². The molecule has 8 aliphatic rings. The van der Waals surface area contributed by atoms with Gasteiger partial charge in [-0.15, -0.1) is 0 Å². The van der Waals surface area contributed by atoms with Crippen LogP contribution in [0.25, 0.3) is 27.5 Å². The quantitative estimate of drug-likeness (QED) is 0.0822. The number of nitrogens with zero attached hydrogens (tertiary/aromatic N) is 3. The highest BCUT2D eigenvalue weighted by molar-refractivity contribution is 7.00.